The second-order valence-electron chi connectivity index (χ2n) is 3.78. The highest BCUT2D eigenvalue weighted by Crippen LogP contribution is 2.25. The summed E-state index contributed by atoms with van der Waals surface area (Å²) in [5, 5.41) is 8.87. The summed E-state index contributed by atoms with van der Waals surface area (Å²) in [4.78, 5) is 12.6. The molecule has 0 atom stereocenters. The molecule has 0 aliphatic heterocycles. The van der Waals surface area contributed by atoms with Gasteiger partial charge < -0.3 is 10.0 Å². The maximum Gasteiger partial charge on any atom is 0.255 e. The number of anilines is 1. The standard InChI is InChI=1S/C12H14BrF2NO2/c1-8(18)10-3-2-9(6-11(10)13)16(4-5-17)7-12(14)15/h2-3,6,12,17H,4-5,7H2,1H3. The van der Waals surface area contributed by atoms with Crippen molar-refractivity contribution in [1.82, 2.24) is 0 Å². The Morgan fingerprint density at radius 1 is 1.50 bits per heavy atom. The Morgan fingerprint density at radius 2 is 2.17 bits per heavy atom. The fourth-order valence-electron chi connectivity index (χ4n) is 1.60. The predicted octanol–water partition coefficient (Wildman–Crippen LogP) is 2.72. The lowest BCUT2D eigenvalue weighted by atomic mass is 10.1. The first-order chi connectivity index (χ1) is 8.45. The summed E-state index contributed by atoms with van der Waals surface area (Å²) in [6.45, 7) is 0.895. The lowest BCUT2D eigenvalue weighted by Gasteiger charge is -2.24. The van der Waals surface area contributed by atoms with Crippen LogP contribution in [0.15, 0.2) is 22.7 Å². The van der Waals surface area contributed by atoms with E-state index in [1.807, 2.05) is 0 Å². The van der Waals surface area contributed by atoms with Crippen LogP contribution in [0.25, 0.3) is 0 Å². The third-order valence-corrected chi connectivity index (χ3v) is 3.08. The van der Waals surface area contributed by atoms with Crippen molar-refractivity contribution in [3.8, 4) is 0 Å². The summed E-state index contributed by atoms with van der Waals surface area (Å²) in [5.41, 5.74) is 1.04. The summed E-state index contributed by atoms with van der Waals surface area (Å²) in [6, 6.07) is 4.78. The first kappa shape index (κ1) is 15.0. The van der Waals surface area contributed by atoms with Crippen LogP contribution >= 0.6 is 15.9 Å². The van der Waals surface area contributed by atoms with Gasteiger partial charge in [0.25, 0.3) is 6.43 Å². The number of carbonyl (C=O) groups excluding carboxylic acids is 1. The van der Waals surface area contributed by atoms with Gasteiger partial charge in [0.2, 0.25) is 0 Å². The number of rotatable bonds is 6. The Morgan fingerprint density at radius 3 is 2.61 bits per heavy atom. The Balaban J connectivity index is 2.98. The highest BCUT2D eigenvalue weighted by molar-refractivity contribution is 9.10. The van der Waals surface area contributed by atoms with E-state index in [9.17, 15) is 13.6 Å². The van der Waals surface area contributed by atoms with Crippen LogP contribution in [0.2, 0.25) is 0 Å². The summed E-state index contributed by atoms with van der Waals surface area (Å²) in [7, 11) is 0. The van der Waals surface area contributed by atoms with Crippen molar-refractivity contribution in [3.05, 3.63) is 28.2 Å². The van der Waals surface area contributed by atoms with Crippen LogP contribution in [0, 0.1) is 0 Å². The van der Waals surface area contributed by atoms with Crippen LogP contribution in [0.1, 0.15) is 17.3 Å². The van der Waals surface area contributed by atoms with Gasteiger partial charge in [-0.3, -0.25) is 4.79 Å². The lowest BCUT2D eigenvalue weighted by molar-refractivity contribution is 0.101. The van der Waals surface area contributed by atoms with Gasteiger partial charge in [0.05, 0.1) is 13.2 Å². The van der Waals surface area contributed by atoms with Crippen LogP contribution < -0.4 is 4.90 Å². The van der Waals surface area contributed by atoms with Crippen LogP contribution in [-0.2, 0) is 0 Å². The molecule has 0 radical (unpaired) electrons. The average molecular weight is 322 g/mol. The average Bonchev–Trinajstić information content (AvgIpc) is 2.27. The van der Waals surface area contributed by atoms with Crippen molar-refractivity contribution >= 4 is 27.4 Å². The molecule has 100 valence electrons. The second kappa shape index (κ2) is 6.80. The van der Waals surface area contributed by atoms with Gasteiger partial charge in [-0.1, -0.05) is 0 Å². The van der Waals surface area contributed by atoms with Crippen LogP contribution in [0.5, 0.6) is 0 Å². The number of benzene rings is 1. The van der Waals surface area contributed by atoms with Crippen LogP contribution in [0.4, 0.5) is 14.5 Å². The third kappa shape index (κ3) is 4.03. The van der Waals surface area contributed by atoms with Gasteiger partial charge in [-0.05, 0) is 41.1 Å². The molecule has 0 amide bonds. The Kier molecular flexibility index (Phi) is 5.68. The first-order valence-electron chi connectivity index (χ1n) is 5.40. The number of halogens is 3. The Bertz CT molecular complexity index is 427. The van der Waals surface area contributed by atoms with E-state index in [1.165, 1.54) is 11.8 Å². The fourth-order valence-corrected chi connectivity index (χ4v) is 2.25. The molecule has 0 unspecified atom stereocenters. The topological polar surface area (TPSA) is 40.5 Å². The van der Waals surface area contributed by atoms with Crippen molar-refractivity contribution < 1.29 is 18.7 Å². The second-order valence-corrected chi connectivity index (χ2v) is 4.64. The van der Waals surface area contributed by atoms with Crippen LogP contribution in [0.3, 0.4) is 0 Å². The SMILES string of the molecule is CC(=O)c1ccc(N(CCO)CC(F)F)cc1Br. The van der Waals surface area contributed by atoms with E-state index in [0.29, 0.717) is 15.7 Å². The molecule has 0 heterocycles. The monoisotopic (exact) mass is 321 g/mol. The number of ketones is 1. The molecule has 1 aromatic rings. The molecule has 6 heteroatoms. The number of nitrogens with zero attached hydrogens (tertiary/aromatic N) is 1. The summed E-state index contributed by atoms with van der Waals surface area (Å²) < 4.78 is 25.4. The molecule has 1 aromatic carbocycles. The normalized spacial score (nSPS) is 10.8. The Hall–Kier alpha value is -1.01. The highest BCUT2D eigenvalue weighted by atomic mass is 79.9. The van der Waals surface area contributed by atoms with E-state index in [-0.39, 0.29) is 18.9 Å². The zero-order chi connectivity index (χ0) is 13.7. The minimum absolute atomic E-state index is 0.101. The summed E-state index contributed by atoms with van der Waals surface area (Å²) >= 11 is 3.24. The minimum atomic E-state index is -2.48. The summed E-state index contributed by atoms with van der Waals surface area (Å²) in [6.07, 6.45) is -2.48. The van der Waals surface area contributed by atoms with E-state index in [1.54, 1.807) is 18.2 Å². The number of carbonyl (C=O) groups is 1. The Labute approximate surface area is 113 Å². The molecule has 0 bridgehead atoms. The first-order valence-corrected chi connectivity index (χ1v) is 6.19. The van der Waals surface area contributed by atoms with E-state index in [0.717, 1.165) is 0 Å². The number of hydrogen-bond donors (Lipinski definition) is 1. The molecular formula is C12H14BrF2NO2. The lowest BCUT2D eigenvalue weighted by Crippen LogP contribution is -2.31. The van der Waals surface area contributed by atoms with Crippen molar-refractivity contribution in [1.29, 1.82) is 0 Å². The zero-order valence-corrected chi connectivity index (χ0v) is 11.5. The molecule has 0 spiro atoms. The van der Waals surface area contributed by atoms with E-state index in [2.05, 4.69) is 15.9 Å². The van der Waals surface area contributed by atoms with Gasteiger partial charge in [0.15, 0.2) is 5.78 Å². The number of alkyl halides is 2. The van der Waals surface area contributed by atoms with Crippen molar-refractivity contribution in [2.24, 2.45) is 0 Å². The summed E-state index contributed by atoms with van der Waals surface area (Å²) in [5.74, 6) is -0.101. The maximum atomic E-state index is 12.4. The molecular weight excluding hydrogens is 308 g/mol. The molecule has 0 fully saturated rings. The quantitative estimate of drug-likeness (QED) is 0.819. The van der Waals surface area contributed by atoms with E-state index < -0.39 is 13.0 Å². The number of aliphatic hydroxyl groups is 1. The molecule has 0 aliphatic rings. The molecule has 1 N–H and O–H groups in total. The number of hydrogen-bond acceptors (Lipinski definition) is 3. The third-order valence-electron chi connectivity index (χ3n) is 2.43. The van der Waals surface area contributed by atoms with Gasteiger partial charge in [-0.25, -0.2) is 8.78 Å². The fraction of sp³-hybridized carbons (Fsp3) is 0.417. The highest BCUT2D eigenvalue weighted by Gasteiger charge is 2.14. The van der Waals surface area contributed by atoms with Gasteiger partial charge >= 0.3 is 0 Å². The van der Waals surface area contributed by atoms with Crippen molar-refractivity contribution in [3.63, 3.8) is 0 Å². The van der Waals surface area contributed by atoms with Gasteiger partial charge in [0, 0.05) is 22.3 Å². The largest absolute Gasteiger partial charge is 0.395 e. The molecule has 0 saturated carbocycles. The van der Waals surface area contributed by atoms with E-state index in [4.69, 9.17) is 5.11 Å². The molecule has 0 saturated heterocycles. The minimum Gasteiger partial charge on any atom is -0.395 e. The molecule has 0 aromatic heterocycles. The van der Waals surface area contributed by atoms with Gasteiger partial charge in [0.1, 0.15) is 0 Å². The smallest absolute Gasteiger partial charge is 0.255 e. The molecule has 18 heavy (non-hydrogen) atoms. The maximum absolute atomic E-state index is 12.4. The van der Waals surface area contributed by atoms with Crippen molar-refractivity contribution in [2.75, 3.05) is 24.6 Å². The number of Topliss-reactive ketones (excluding diaryl/α,β-unsaturated/α-hetero) is 1. The van der Waals surface area contributed by atoms with E-state index >= 15 is 0 Å². The van der Waals surface area contributed by atoms with Crippen LogP contribution in [-0.4, -0.2) is 37.0 Å². The molecule has 3 nitrogen and oxygen atoms in total. The van der Waals surface area contributed by atoms with Gasteiger partial charge in [-0.15, -0.1) is 0 Å². The van der Waals surface area contributed by atoms with Gasteiger partial charge in [-0.2, -0.15) is 0 Å². The zero-order valence-electron chi connectivity index (χ0n) is 9.87. The number of aliphatic hydroxyl groups excluding tert-OH is 1. The predicted molar refractivity (Wildman–Crippen MR) is 69.4 cm³/mol. The van der Waals surface area contributed by atoms with Crippen molar-refractivity contribution in [2.45, 2.75) is 13.3 Å². The molecule has 0 aliphatic carbocycles. The molecule has 1 rings (SSSR count).